The maximum atomic E-state index is 6.15. The molecule has 3 nitrogen and oxygen atoms in total. The van der Waals surface area contributed by atoms with Gasteiger partial charge in [0.15, 0.2) is 0 Å². The van der Waals surface area contributed by atoms with E-state index in [4.69, 9.17) is 5.73 Å². The Balaban J connectivity index is 1.70. The fourth-order valence-electron chi connectivity index (χ4n) is 2.72. The average Bonchev–Trinajstić information content (AvgIpc) is 2.82. The maximum absolute atomic E-state index is 6.15. The summed E-state index contributed by atoms with van der Waals surface area (Å²) in [5.41, 5.74) is 10.3. The highest BCUT2D eigenvalue weighted by Crippen LogP contribution is 2.28. The summed E-state index contributed by atoms with van der Waals surface area (Å²) in [6.07, 6.45) is 12.8. The number of hydrogen-bond donors (Lipinski definition) is 1. The molecule has 94 valence electrons. The molecule has 3 heteroatoms. The Morgan fingerprint density at radius 1 is 1.28 bits per heavy atom. The molecule has 1 atom stereocenters. The van der Waals surface area contributed by atoms with Crippen LogP contribution < -0.4 is 5.73 Å². The summed E-state index contributed by atoms with van der Waals surface area (Å²) in [6.45, 7) is 1.02. The van der Waals surface area contributed by atoms with Crippen LogP contribution in [-0.4, -0.2) is 9.55 Å². The van der Waals surface area contributed by atoms with Gasteiger partial charge in [-0.15, -0.1) is 0 Å². The van der Waals surface area contributed by atoms with E-state index < -0.39 is 0 Å². The van der Waals surface area contributed by atoms with Crippen molar-refractivity contribution in [3.63, 3.8) is 0 Å². The van der Waals surface area contributed by atoms with Gasteiger partial charge in [0.1, 0.15) is 0 Å². The molecule has 2 aromatic rings. The van der Waals surface area contributed by atoms with Crippen LogP contribution in [-0.2, 0) is 19.4 Å². The van der Waals surface area contributed by atoms with E-state index in [1.807, 2.05) is 12.4 Å². The molecule has 2 N–H and O–H groups in total. The van der Waals surface area contributed by atoms with Crippen molar-refractivity contribution in [1.29, 1.82) is 0 Å². The van der Waals surface area contributed by atoms with Gasteiger partial charge >= 0.3 is 0 Å². The SMILES string of the molecule is NC1CCCc2cn(CCc3ccncc3)cc21. The van der Waals surface area contributed by atoms with E-state index in [1.165, 1.54) is 29.5 Å². The molecule has 1 aliphatic rings. The monoisotopic (exact) mass is 241 g/mol. The largest absolute Gasteiger partial charge is 0.353 e. The van der Waals surface area contributed by atoms with Gasteiger partial charge in [-0.3, -0.25) is 4.98 Å². The molecule has 0 aromatic carbocycles. The highest BCUT2D eigenvalue weighted by Gasteiger charge is 2.18. The van der Waals surface area contributed by atoms with Gasteiger partial charge in [-0.1, -0.05) is 0 Å². The predicted molar refractivity (Wildman–Crippen MR) is 72.2 cm³/mol. The van der Waals surface area contributed by atoms with E-state index in [1.54, 1.807) is 0 Å². The number of rotatable bonds is 3. The summed E-state index contributed by atoms with van der Waals surface area (Å²) in [4.78, 5) is 4.04. The molecule has 0 amide bonds. The minimum absolute atomic E-state index is 0.246. The molecule has 18 heavy (non-hydrogen) atoms. The smallest absolute Gasteiger partial charge is 0.0312 e. The fourth-order valence-corrected chi connectivity index (χ4v) is 2.72. The molecule has 0 fully saturated rings. The Labute approximate surface area is 108 Å². The van der Waals surface area contributed by atoms with Crippen molar-refractivity contribution >= 4 is 0 Å². The number of pyridine rings is 1. The van der Waals surface area contributed by atoms with Crippen molar-refractivity contribution in [2.75, 3.05) is 0 Å². The molecule has 0 radical (unpaired) electrons. The summed E-state index contributed by atoms with van der Waals surface area (Å²) in [7, 11) is 0. The summed E-state index contributed by atoms with van der Waals surface area (Å²) < 4.78 is 2.29. The lowest BCUT2D eigenvalue weighted by molar-refractivity contribution is 0.573. The van der Waals surface area contributed by atoms with Crippen LogP contribution in [0.1, 0.15) is 35.6 Å². The Morgan fingerprint density at radius 2 is 2.11 bits per heavy atom. The Kier molecular flexibility index (Phi) is 3.15. The number of hydrogen-bond acceptors (Lipinski definition) is 2. The molecule has 1 aliphatic carbocycles. The van der Waals surface area contributed by atoms with Crippen molar-refractivity contribution < 1.29 is 0 Å². The molecule has 0 bridgehead atoms. The first kappa shape index (κ1) is 11.5. The second-order valence-corrected chi connectivity index (χ2v) is 5.08. The van der Waals surface area contributed by atoms with Crippen LogP contribution in [0, 0.1) is 0 Å². The molecule has 1 unspecified atom stereocenters. The molecule has 2 aromatic heterocycles. The summed E-state index contributed by atoms with van der Waals surface area (Å²) >= 11 is 0. The summed E-state index contributed by atoms with van der Waals surface area (Å²) in [5, 5.41) is 0. The topological polar surface area (TPSA) is 43.8 Å². The van der Waals surface area contributed by atoms with E-state index in [0.717, 1.165) is 19.4 Å². The molecule has 0 saturated heterocycles. The van der Waals surface area contributed by atoms with Crippen molar-refractivity contribution in [2.24, 2.45) is 5.73 Å². The zero-order valence-electron chi connectivity index (χ0n) is 10.5. The third-order valence-corrected chi connectivity index (χ3v) is 3.77. The van der Waals surface area contributed by atoms with Crippen molar-refractivity contribution in [1.82, 2.24) is 9.55 Å². The Hall–Kier alpha value is -1.61. The van der Waals surface area contributed by atoms with Crippen LogP contribution in [0.4, 0.5) is 0 Å². The van der Waals surface area contributed by atoms with Crippen molar-refractivity contribution in [3.8, 4) is 0 Å². The second-order valence-electron chi connectivity index (χ2n) is 5.08. The quantitative estimate of drug-likeness (QED) is 0.897. The van der Waals surface area contributed by atoms with Crippen LogP contribution in [0.15, 0.2) is 36.9 Å². The lowest BCUT2D eigenvalue weighted by Crippen LogP contribution is -2.15. The van der Waals surface area contributed by atoms with E-state index in [9.17, 15) is 0 Å². The third-order valence-electron chi connectivity index (χ3n) is 3.77. The van der Waals surface area contributed by atoms with Gasteiger partial charge in [-0.2, -0.15) is 0 Å². The molecule has 0 aliphatic heterocycles. The van der Waals surface area contributed by atoms with Gasteiger partial charge in [0.05, 0.1) is 0 Å². The first-order valence-electron chi connectivity index (χ1n) is 6.66. The van der Waals surface area contributed by atoms with Crippen LogP contribution in [0.25, 0.3) is 0 Å². The van der Waals surface area contributed by atoms with E-state index in [0.29, 0.717) is 0 Å². The third kappa shape index (κ3) is 2.31. The van der Waals surface area contributed by atoms with E-state index >= 15 is 0 Å². The fraction of sp³-hybridized carbons (Fsp3) is 0.400. The van der Waals surface area contributed by atoms with Crippen LogP contribution in [0.2, 0.25) is 0 Å². The lowest BCUT2D eigenvalue weighted by atomic mass is 9.92. The van der Waals surface area contributed by atoms with Gasteiger partial charge in [-0.25, -0.2) is 0 Å². The minimum Gasteiger partial charge on any atom is -0.353 e. The van der Waals surface area contributed by atoms with E-state index in [2.05, 4.69) is 34.1 Å². The zero-order chi connectivity index (χ0) is 12.4. The first-order valence-corrected chi connectivity index (χ1v) is 6.66. The molecular formula is C15H19N3. The number of nitrogens with two attached hydrogens (primary N) is 1. The maximum Gasteiger partial charge on any atom is 0.0312 e. The number of aryl methyl sites for hydroxylation is 3. The van der Waals surface area contributed by atoms with Crippen LogP contribution >= 0.6 is 0 Å². The van der Waals surface area contributed by atoms with Crippen LogP contribution in [0.3, 0.4) is 0 Å². The van der Waals surface area contributed by atoms with Gasteiger partial charge in [-0.05, 0) is 54.5 Å². The van der Waals surface area contributed by atoms with Crippen molar-refractivity contribution in [2.45, 2.75) is 38.3 Å². The van der Waals surface area contributed by atoms with Gasteiger partial charge in [0, 0.05) is 37.4 Å². The Morgan fingerprint density at radius 3 is 2.89 bits per heavy atom. The highest BCUT2D eigenvalue weighted by atomic mass is 14.9. The van der Waals surface area contributed by atoms with Gasteiger partial charge in [0.2, 0.25) is 0 Å². The predicted octanol–water partition coefficient (Wildman–Crippen LogP) is 2.46. The lowest BCUT2D eigenvalue weighted by Gasteiger charge is -2.17. The molecule has 2 heterocycles. The van der Waals surface area contributed by atoms with Crippen LogP contribution in [0.5, 0.6) is 0 Å². The molecular weight excluding hydrogens is 222 g/mol. The minimum atomic E-state index is 0.246. The first-order chi connectivity index (χ1) is 8.83. The number of fused-ring (bicyclic) bond motifs is 1. The van der Waals surface area contributed by atoms with E-state index in [-0.39, 0.29) is 6.04 Å². The zero-order valence-corrected chi connectivity index (χ0v) is 10.5. The van der Waals surface area contributed by atoms with Crippen molar-refractivity contribution in [3.05, 3.63) is 53.6 Å². The summed E-state index contributed by atoms with van der Waals surface area (Å²) in [5.74, 6) is 0. The molecule has 0 saturated carbocycles. The normalized spacial score (nSPS) is 18.6. The standard InChI is InChI=1S/C15H19N3/c16-15-3-1-2-13-10-18(11-14(13)15)9-6-12-4-7-17-8-5-12/h4-5,7-8,10-11,15H,1-3,6,9,16H2. The highest BCUT2D eigenvalue weighted by molar-refractivity contribution is 5.30. The Bertz CT molecular complexity index is 516. The number of aromatic nitrogens is 2. The molecule has 3 rings (SSSR count). The molecule has 0 spiro atoms. The summed E-state index contributed by atoms with van der Waals surface area (Å²) in [6, 6.07) is 4.40. The van der Waals surface area contributed by atoms with Gasteiger partial charge in [0.25, 0.3) is 0 Å². The average molecular weight is 241 g/mol. The number of nitrogens with zero attached hydrogens (tertiary/aromatic N) is 2. The second kappa shape index (κ2) is 4.94. The van der Waals surface area contributed by atoms with Gasteiger partial charge < -0.3 is 10.3 Å².